The predicted octanol–water partition coefficient (Wildman–Crippen LogP) is 9.37. The van der Waals surface area contributed by atoms with Gasteiger partial charge in [-0.3, -0.25) is 9.79 Å². The van der Waals surface area contributed by atoms with Crippen LogP contribution in [0.2, 0.25) is 0 Å². The van der Waals surface area contributed by atoms with Crippen molar-refractivity contribution < 1.29 is 119 Å². The fraction of sp³-hybridized carbons (Fsp3) is 0.148. The van der Waals surface area contributed by atoms with E-state index in [1.165, 1.54) is 78.2 Å². The molecule has 2 heterocycles. The van der Waals surface area contributed by atoms with Crippen LogP contribution in [0.15, 0.2) is 224 Å². The molecular weight excluding hydrogens is 967 g/mol. The fourth-order valence-electron chi connectivity index (χ4n) is 8.41. The molecule has 0 N–H and O–H groups in total. The molecule has 338 valence electrons. The second-order valence-corrected chi connectivity index (χ2v) is 18.2. The molecule has 5 nitrogen and oxygen atoms in total. The van der Waals surface area contributed by atoms with Crippen molar-refractivity contribution in [2.24, 2.45) is 4.99 Å². The molecule has 0 radical (unpaired) electrons. The van der Waals surface area contributed by atoms with Crippen LogP contribution in [0.1, 0.15) is 58.3 Å². The number of fused-ring (bicyclic) bond motifs is 2. The number of para-hydroxylation sites is 2. The van der Waals surface area contributed by atoms with Gasteiger partial charge in [0.15, 0.2) is 0 Å². The summed E-state index contributed by atoms with van der Waals surface area (Å²) in [4.78, 5) is 18.1. The molecule has 8 heteroatoms. The third kappa shape index (κ3) is 14.0. The Labute approximate surface area is 504 Å². The number of nitrogens with zero attached hydrogens (tertiary/aromatic N) is 2. The number of alkyl halides is 1. The van der Waals surface area contributed by atoms with Crippen molar-refractivity contribution in [2.45, 2.75) is 57.3 Å². The van der Waals surface area contributed by atoms with Gasteiger partial charge in [0.2, 0.25) is 0 Å². The Kier molecular flexibility index (Phi) is 21.6. The smallest absolute Gasteiger partial charge is 1.00 e. The normalized spacial score (nSPS) is 13.1. The third-order valence-corrected chi connectivity index (χ3v) is 13.4. The molecule has 0 fully saturated rings. The molecule has 0 saturated heterocycles. The SMILES string of the molecule is BrCc1ccc(-c2ccc(-c3ccccc3)cc2)cc1.C=C1N(Cc2ccc(-c3ccc(-c4ccccc4)cc3)cc2)c2ccccc2C1(C)C.CC1=Nc2ccccc2C1(C)C.O=CO[O-].[H-].[K+].[K+]. The van der Waals surface area contributed by atoms with E-state index in [9.17, 15) is 0 Å². The minimum absolute atomic E-state index is 0. The third-order valence-electron chi connectivity index (χ3n) is 12.8. The quantitative estimate of drug-likeness (QED) is 0.0501. The second kappa shape index (κ2) is 26.6. The first-order valence-corrected chi connectivity index (χ1v) is 23.6. The van der Waals surface area contributed by atoms with Crippen molar-refractivity contribution in [3.8, 4) is 44.5 Å². The maximum absolute atomic E-state index is 8.64. The summed E-state index contributed by atoms with van der Waals surface area (Å²) >= 11 is 3.47. The number of carbonyl (C=O) groups is 1. The summed E-state index contributed by atoms with van der Waals surface area (Å²) in [5, 5.41) is 9.33. The van der Waals surface area contributed by atoms with Crippen molar-refractivity contribution in [1.82, 2.24) is 0 Å². The van der Waals surface area contributed by atoms with E-state index >= 15 is 0 Å². The van der Waals surface area contributed by atoms with Crippen molar-refractivity contribution in [3.63, 3.8) is 0 Å². The number of rotatable bonds is 8. The standard InChI is InChI=1S/C30H27N.C19H15Br.C11H13N.CH2O3.2K.H/c1-22-30(2,3)28-11-7-8-12-29(28)31(22)21-23-13-15-25(16-14-23)27-19-17-26(18-20-27)24-9-5-4-6-10-24;20-14-15-6-8-17(9-7-15)19-12-10-18(11-13-19)16-4-2-1-3-5-16;1-8-11(2,3)9-6-4-5-7-10(9)12-8;2-1-4-3;;;/h4-20H,1,21H2,2-3H3;1-13H,14H2;4-7H,1-3H3;1,3H;;;/q;;;;2*+1;-1/p-1. The zero-order valence-corrected chi connectivity index (χ0v) is 48.7. The van der Waals surface area contributed by atoms with Crippen LogP contribution in [0.5, 0.6) is 0 Å². The minimum atomic E-state index is -0.181. The second-order valence-electron chi connectivity index (χ2n) is 17.6. The molecule has 0 spiro atoms. The maximum atomic E-state index is 8.64. The van der Waals surface area contributed by atoms with Gasteiger partial charge in [0.1, 0.15) is 0 Å². The topological polar surface area (TPSA) is 65.0 Å². The number of anilines is 1. The van der Waals surface area contributed by atoms with E-state index < -0.39 is 0 Å². The summed E-state index contributed by atoms with van der Waals surface area (Å²) in [7, 11) is 0. The van der Waals surface area contributed by atoms with Crippen molar-refractivity contribution in [2.75, 3.05) is 4.90 Å². The first kappa shape index (κ1) is 56.1. The van der Waals surface area contributed by atoms with E-state index in [0.29, 0.717) is 0 Å². The Balaban J connectivity index is 0.000000235. The average Bonchev–Trinajstić information content (AvgIpc) is 3.73. The number of hydrogen-bond acceptors (Lipinski definition) is 5. The van der Waals surface area contributed by atoms with E-state index in [1.807, 2.05) is 12.1 Å². The van der Waals surface area contributed by atoms with Crippen LogP contribution in [0.3, 0.4) is 0 Å². The fourth-order valence-corrected chi connectivity index (χ4v) is 8.79. The number of carbonyl (C=O) groups excluding carboxylic acids is 1. The van der Waals surface area contributed by atoms with Crippen LogP contribution < -0.4 is 113 Å². The summed E-state index contributed by atoms with van der Waals surface area (Å²) < 4.78 is 0. The number of hydrogen-bond donors (Lipinski definition) is 0. The Bertz CT molecular complexity index is 2930. The van der Waals surface area contributed by atoms with Crippen LogP contribution >= 0.6 is 15.9 Å². The Morgan fingerprint density at radius 2 is 0.884 bits per heavy atom. The van der Waals surface area contributed by atoms with Crippen LogP contribution in [-0.2, 0) is 32.4 Å². The molecule has 10 rings (SSSR count). The van der Waals surface area contributed by atoms with Gasteiger partial charge in [0.25, 0.3) is 6.47 Å². The molecule has 0 unspecified atom stereocenters. The van der Waals surface area contributed by atoms with Gasteiger partial charge in [-0.05, 0) is 85.8 Å². The van der Waals surface area contributed by atoms with Crippen molar-refractivity contribution >= 4 is 39.5 Å². The maximum Gasteiger partial charge on any atom is 1.00 e. The predicted molar refractivity (Wildman–Crippen MR) is 283 cm³/mol. The molecule has 0 aliphatic carbocycles. The molecule has 2 aliphatic heterocycles. The van der Waals surface area contributed by atoms with E-state index in [2.05, 4.69) is 266 Å². The zero-order chi connectivity index (χ0) is 47.4. The van der Waals surface area contributed by atoms with Gasteiger partial charge in [-0.2, -0.15) is 0 Å². The Hall–Kier alpha value is -3.85. The summed E-state index contributed by atoms with van der Waals surface area (Å²) in [6.07, 6.45) is 0. The van der Waals surface area contributed by atoms with Gasteiger partial charge in [-0.15, -0.1) is 0 Å². The van der Waals surface area contributed by atoms with E-state index in [1.54, 1.807) is 0 Å². The average molecular weight is 1020 g/mol. The van der Waals surface area contributed by atoms with Gasteiger partial charge in [0, 0.05) is 39.8 Å². The van der Waals surface area contributed by atoms with Crippen LogP contribution in [0.4, 0.5) is 11.4 Å². The van der Waals surface area contributed by atoms with Gasteiger partial charge in [0.05, 0.1) is 5.69 Å². The number of benzene rings is 8. The molecule has 0 amide bonds. The van der Waals surface area contributed by atoms with Crippen LogP contribution in [-0.4, -0.2) is 12.2 Å². The summed E-state index contributed by atoms with van der Waals surface area (Å²) in [5.41, 5.74) is 20.2. The van der Waals surface area contributed by atoms with Crippen molar-refractivity contribution in [3.05, 3.63) is 241 Å². The van der Waals surface area contributed by atoms with Crippen LogP contribution in [0.25, 0.3) is 44.5 Å². The van der Waals surface area contributed by atoms with E-state index in [0.717, 1.165) is 23.3 Å². The van der Waals surface area contributed by atoms with Gasteiger partial charge in [-0.1, -0.05) is 244 Å². The number of halogens is 1. The molecule has 8 aromatic rings. The first-order valence-electron chi connectivity index (χ1n) is 22.4. The van der Waals surface area contributed by atoms with E-state index in [-0.39, 0.29) is 121 Å². The first-order chi connectivity index (χ1) is 32.4. The number of allylic oxidation sites excluding steroid dienone is 1. The number of aliphatic imine (C=N–C) groups is 1. The van der Waals surface area contributed by atoms with Gasteiger partial charge in [-0.25, -0.2) is 0 Å². The molecule has 0 atom stereocenters. The molecule has 0 saturated carbocycles. The Morgan fingerprint density at radius 3 is 1.29 bits per heavy atom. The summed E-state index contributed by atoms with van der Waals surface area (Å²) in [6, 6.07) is 73.1. The molecule has 0 aromatic heterocycles. The van der Waals surface area contributed by atoms with Gasteiger partial charge < -0.3 is 16.5 Å². The zero-order valence-electron chi connectivity index (χ0n) is 41.8. The van der Waals surface area contributed by atoms with Crippen LogP contribution in [0, 0.1) is 0 Å². The largest absolute Gasteiger partial charge is 1.00 e. The summed E-state index contributed by atoms with van der Waals surface area (Å²) in [6.45, 7) is 16.1. The molecule has 8 aromatic carbocycles. The van der Waals surface area contributed by atoms with E-state index in [4.69, 9.17) is 10.1 Å². The molecular formula is C61H57BrK2N2O3. The minimum Gasteiger partial charge on any atom is -1.00 e. The molecule has 69 heavy (non-hydrogen) atoms. The van der Waals surface area contributed by atoms with Gasteiger partial charge >= 0.3 is 103 Å². The summed E-state index contributed by atoms with van der Waals surface area (Å²) in [5.74, 6) is 0. The Morgan fingerprint density at radius 1 is 0.536 bits per heavy atom. The molecule has 2 aliphatic rings. The molecule has 0 bridgehead atoms. The van der Waals surface area contributed by atoms with Crippen molar-refractivity contribution in [1.29, 1.82) is 0 Å². The monoisotopic (exact) mass is 1020 g/mol.